The van der Waals surface area contributed by atoms with E-state index >= 15 is 0 Å². The highest BCUT2D eigenvalue weighted by molar-refractivity contribution is 7.99. The van der Waals surface area contributed by atoms with Gasteiger partial charge in [0.05, 0.1) is 27.0 Å². The summed E-state index contributed by atoms with van der Waals surface area (Å²) in [6, 6.07) is 1.85. The van der Waals surface area contributed by atoms with Crippen LogP contribution in [0, 0.1) is 11.3 Å². The zero-order chi connectivity index (χ0) is 20.3. The number of primary amides is 1. The lowest BCUT2D eigenvalue weighted by Crippen LogP contribution is -2.21. The lowest BCUT2D eigenvalue weighted by atomic mass is 9.93. The maximum Gasteiger partial charge on any atom is 0.316 e. The number of thiazole rings is 1. The maximum atomic E-state index is 11.2. The molecule has 0 aliphatic heterocycles. The van der Waals surface area contributed by atoms with Crippen LogP contribution in [0.2, 0.25) is 0 Å². The van der Waals surface area contributed by atoms with Crippen LogP contribution in [0.4, 0.5) is 10.5 Å². The van der Waals surface area contributed by atoms with E-state index in [2.05, 4.69) is 30.2 Å². The van der Waals surface area contributed by atoms with Crippen molar-refractivity contribution in [3.63, 3.8) is 0 Å². The predicted octanol–water partition coefficient (Wildman–Crippen LogP) is 4.26. The van der Waals surface area contributed by atoms with E-state index in [0.29, 0.717) is 5.92 Å². The second kappa shape index (κ2) is 8.95. The summed E-state index contributed by atoms with van der Waals surface area (Å²) < 4.78 is 1.09. The highest BCUT2D eigenvalue weighted by atomic mass is 32.2. The van der Waals surface area contributed by atoms with Crippen molar-refractivity contribution in [3.8, 4) is 6.07 Å². The van der Waals surface area contributed by atoms with Crippen molar-refractivity contribution in [3.05, 3.63) is 39.0 Å². The zero-order valence-electron chi connectivity index (χ0n) is 16.2. The largest absolute Gasteiger partial charge is 0.351 e. The van der Waals surface area contributed by atoms with Crippen LogP contribution in [0.5, 0.6) is 0 Å². The number of carbonyl (C=O) groups is 1. The Hall–Kier alpha value is -2.08. The molecule has 5 N–H and O–H groups in total. The summed E-state index contributed by atoms with van der Waals surface area (Å²) in [4.78, 5) is 15.4. The molecule has 1 heterocycles. The molecule has 0 saturated carbocycles. The molecule has 1 aromatic carbocycles. The average Bonchev–Trinajstić information content (AvgIpc) is 3.41. The van der Waals surface area contributed by atoms with Crippen molar-refractivity contribution < 1.29 is 4.79 Å². The van der Waals surface area contributed by atoms with E-state index in [9.17, 15) is 10.1 Å². The van der Waals surface area contributed by atoms with Crippen LogP contribution in [-0.2, 0) is 25.7 Å². The van der Waals surface area contributed by atoms with Crippen molar-refractivity contribution in [1.29, 1.82) is 5.26 Å². The van der Waals surface area contributed by atoms with Crippen molar-refractivity contribution in [2.75, 3.05) is 5.32 Å². The van der Waals surface area contributed by atoms with Crippen LogP contribution in [0.3, 0.4) is 0 Å². The summed E-state index contributed by atoms with van der Waals surface area (Å²) in [5.74, 6) is 0.519. The van der Waals surface area contributed by atoms with E-state index in [1.807, 2.05) is 6.20 Å². The number of rotatable bonds is 3. The molecule has 2 amide bonds. The van der Waals surface area contributed by atoms with Crippen molar-refractivity contribution in [2.24, 2.45) is 10.9 Å². The van der Waals surface area contributed by atoms with E-state index < -0.39 is 6.03 Å². The number of fused-ring (bicyclic) bond motifs is 2. The SMILES string of the molecule is CC(C)c1ncc(SN)s1.N#Cc1c2c(c(NC(N)=O)c3c1CCC3)CCC2. The van der Waals surface area contributed by atoms with Crippen molar-refractivity contribution in [2.45, 2.75) is 62.5 Å². The third kappa shape index (κ3) is 4.17. The molecule has 2 aliphatic carbocycles. The van der Waals surface area contributed by atoms with Crippen LogP contribution in [-0.4, -0.2) is 11.0 Å². The molecule has 6 nitrogen and oxygen atoms in total. The highest BCUT2D eigenvalue weighted by Gasteiger charge is 2.29. The Kier molecular flexibility index (Phi) is 6.60. The fraction of sp³-hybridized carbons (Fsp3) is 0.450. The summed E-state index contributed by atoms with van der Waals surface area (Å²) >= 11 is 2.93. The number of nitrogens with two attached hydrogens (primary N) is 2. The Bertz CT molecular complexity index is 894. The van der Waals surface area contributed by atoms with Crippen LogP contribution in [0.15, 0.2) is 10.4 Å². The topological polar surface area (TPSA) is 118 Å². The number of hydrogen-bond acceptors (Lipinski definition) is 6. The smallest absolute Gasteiger partial charge is 0.316 e. The first-order chi connectivity index (χ1) is 13.5. The summed E-state index contributed by atoms with van der Waals surface area (Å²) in [6.45, 7) is 4.26. The first-order valence-electron chi connectivity index (χ1n) is 9.44. The molecule has 0 radical (unpaired) electrons. The highest BCUT2D eigenvalue weighted by Crippen LogP contribution is 2.41. The van der Waals surface area contributed by atoms with Gasteiger partial charge in [0.1, 0.15) is 0 Å². The molecule has 4 rings (SSSR count). The van der Waals surface area contributed by atoms with Gasteiger partial charge in [0.25, 0.3) is 0 Å². The summed E-state index contributed by atoms with van der Waals surface area (Å²) in [7, 11) is 0. The fourth-order valence-electron chi connectivity index (χ4n) is 3.96. The van der Waals surface area contributed by atoms with Gasteiger partial charge >= 0.3 is 6.03 Å². The summed E-state index contributed by atoms with van der Waals surface area (Å²) in [6.07, 6.45) is 7.70. The molecule has 8 heteroatoms. The number of hydrogen-bond donors (Lipinski definition) is 3. The maximum absolute atomic E-state index is 11.2. The number of benzene rings is 1. The van der Waals surface area contributed by atoms with Gasteiger partial charge in [0.2, 0.25) is 0 Å². The molecule has 1 aromatic heterocycles. The summed E-state index contributed by atoms with van der Waals surface area (Å²) in [5, 5.41) is 18.7. The number of nitriles is 1. The molecular formula is C20H25N5OS2. The molecule has 0 fully saturated rings. The second-order valence-corrected chi connectivity index (χ2v) is 9.26. The number of urea groups is 1. The van der Waals surface area contributed by atoms with Gasteiger partial charge in [-0.15, -0.1) is 11.3 Å². The fourth-order valence-corrected chi connectivity index (χ4v) is 5.17. The molecule has 0 bridgehead atoms. The Morgan fingerprint density at radius 2 is 1.79 bits per heavy atom. The molecule has 148 valence electrons. The number of nitrogens with zero attached hydrogens (tertiary/aromatic N) is 2. The molecule has 0 spiro atoms. The normalized spacial score (nSPS) is 14.1. The Labute approximate surface area is 173 Å². The molecule has 0 saturated heterocycles. The molecule has 0 unspecified atom stereocenters. The van der Waals surface area contributed by atoms with E-state index in [1.165, 1.54) is 11.9 Å². The van der Waals surface area contributed by atoms with Crippen LogP contribution in [0.1, 0.15) is 65.4 Å². The number of anilines is 1. The lowest BCUT2D eigenvalue weighted by molar-refractivity contribution is 0.259. The Balaban J connectivity index is 0.000000192. The minimum Gasteiger partial charge on any atom is -0.351 e. The Morgan fingerprint density at radius 3 is 2.18 bits per heavy atom. The van der Waals surface area contributed by atoms with E-state index in [0.717, 1.165) is 81.2 Å². The third-order valence-corrected chi connectivity index (χ3v) is 7.08. The van der Waals surface area contributed by atoms with Gasteiger partial charge in [-0.3, -0.25) is 5.14 Å². The molecule has 28 heavy (non-hydrogen) atoms. The Morgan fingerprint density at radius 1 is 1.21 bits per heavy atom. The van der Waals surface area contributed by atoms with Crippen molar-refractivity contribution in [1.82, 2.24) is 4.98 Å². The van der Waals surface area contributed by atoms with Gasteiger partial charge in [-0.25, -0.2) is 9.78 Å². The monoisotopic (exact) mass is 415 g/mol. The van der Waals surface area contributed by atoms with Crippen LogP contribution >= 0.6 is 23.3 Å². The van der Waals surface area contributed by atoms with E-state index in [1.54, 1.807) is 11.3 Å². The first kappa shape index (κ1) is 20.6. The predicted molar refractivity (Wildman–Crippen MR) is 115 cm³/mol. The minimum absolute atomic E-state index is 0.511. The molecular weight excluding hydrogens is 390 g/mol. The minimum atomic E-state index is -0.511. The van der Waals surface area contributed by atoms with Gasteiger partial charge in [-0.05, 0) is 72.7 Å². The second-order valence-electron chi connectivity index (χ2n) is 7.26. The quantitative estimate of drug-likeness (QED) is 0.647. The van der Waals surface area contributed by atoms with Gasteiger partial charge in [-0.1, -0.05) is 13.8 Å². The van der Waals surface area contributed by atoms with E-state index in [-0.39, 0.29) is 0 Å². The third-order valence-electron chi connectivity index (χ3n) is 5.12. The zero-order valence-corrected chi connectivity index (χ0v) is 17.8. The lowest BCUT2D eigenvalue weighted by Gasteiger charge is -2.16. The van der Waals surface area contributed by atoms with E-state index in [4.69, 9.17) is 10.9 Å². The van der Waals surface area contributed by atoms with Gasteiger partial charge in [0.15, 0.2) is 0 Å². The van der Waals surface area contributed by atoms with Gasteiger partial charge in [0, 0.05) is 11.6 Å². The van der Waals surface area contributed by atoms with Gasteiger partial charge < -0.3 is 11.1 Å². The standard InChI is InChI=1S/C14H15N3O.C6H10N2S2/c15-7-12-8-3-1-5-10(8)13(17-14(16)18)11-6-2-4-9(11)12;1-4(2)6-8-3-5(9-6)10-7/h1-6H2,(H3,16,17,18);3-4H,7H2,1-2H3. The number of amides is 2. The van der Waals surface area contributed by atoms with Crippen LogP contribution < -0.4 is 16.2 Å². The number of aromatic nitrogens is 1. The number of nitrogens with one attached hydrogen (secondary N) is 1. The van der Waals surface area contributed by atoms with Crippen molar-refractivity contribution >= 4 is 35.0 Å². The summed E-state index contributed by atoms with van der Waals surface area (Å²) in [5.41, 5.74) is 11.6. The first-order valence-corrected chi connectivity index (χ1v) is 11.1. The molecule has 0 atom stereocenters. The molecule has 2 aliphatic rings. The number of carbonyl (C=O) groups excluding carboxylic acids is 1. The molecule has 2 aromatic rings. The van der Waals surface area contributed by atoms with Gasteiger partial charge in [-0.2, -0.15) is 5.26 Å². The average molecular weight is 416 g/mol. The van der Waals surface area contributed by atoms with Crippen LogP contribution in [0.25, 0.3) is 0 Å².